The lowest BCUT2D eigenvalue weighted by atomic mass is 9.81. The molecule has 0 nitrogen and oxygen atoms in total. The summed E-state index contributed by atoms with van der Waals surface area (Å²) in [5, 5.41) is 3.47. The molecule has 0 amide bonds. The Bertz CT molecular complexity index is 1800. The Kier molecular flexibility index (Phi) is 6.31. The lowest BCUT2D eigenvalue weighted by Gasteiger charge is -2.22. The molecule has 0 aliphatic heterocycles. The van der Waals surface area contributed by atoms with Crippen LogP contribution in [0.2, 0.25) is 0 Å². The van der Waals surface area contributed by atoms with Crippen LogP contribution >= 0.6 is 0 Å². The van der Waals surface area contributed by atoms with E-state index < -0.39 is 23.3 Å². The molecule has 6 aromatic carbocycles. The zero-order valence-electron chi connectivity index (χ0n) is 21.3. The van der Waals surface area contributed by atoms with Gasteiger partial charge in [-0.1, -0.05) is 73.8 Å². The first-order valence-electron chi connectivity index (χ1n) is 12.7. The number of hydrogen-bond acceptors (Lipinski definition) is 0. The molecule has 0 radical (unpaired) electrons. The van der Waals surface area contributed by atoms with Gasteiger partial charge in [-0.25, -0.2) is 17.6 Å². The number of fused-ring (bicyclic) bond motifs is 2. The SMILES string of the molecule is C=Cc1c(-c2cc(F)cc(F)c2)cc2ccccc2c1-c1c(C=C)c(-c2cc(F)cc(F)c2)cc2ccccc12. The molecular formula is C36H22F4. The molecule has 0 saturated heterocycles. The molecule has 0 unspecified atom stereocenters. The first-order chi connectivity index (χ1) is 19.4. The quantitative estimate of drug-likeness (QED) is 0.195. The highest BCUT2D eigenvalue weighted by molar-refractivity contribution is 6.14. The predicted molar refractivity (Wildman–Crippen MR) is 158 cm³/mol. The standard InChI is InChI=1S/C36H22F4/c1-3-29-33(23-13-25(37)19-26(38)14-23)17-21-9-5-7-11-31(21)35(29)36-30(4-2)34(18-22-10-6-8-12-32(22)36)24-15-27(39)20-28(40)16-24/h3-20H,1-2H2. The summed E-state index contributed by atoms with van der Waals surface area (Å²) in [5.74, 6) is -2.75. The van der Waals surface area contributed by atoms with Gasteiger partial charge in [-0.05, 0) is 102 Å². The van der Waals surface area contributed by atoms with Crippen molar-refractivity contribution in [3.05, 3.63) is 145 Å². The van der Waals surface area contributed by atoms with Crippen LogP contribution in [0.3, 0.4) is 0 Å². The Hall–Kier alpha value is -4.96. The molecule has 40 heavy (non-hydrogen) atoms. The average molecular weight is 531 g/mol. The summed E-state index contributed by atoms with van der Waals surface area (Å²) in [4.78, 5) is 0. The fraction of sp³-hybridized carbons (Fsp3) is 0. The first kappa shape index (κ1) is 25.3. The summed E-state index contributed by atoms with van der Waals surface area (Å²) in [7, 11) is 0. The Labute approximate surface area is 229 Å². The van der Waals surface area contributed by atoms with Gasteiger partial charge >= 0.3 is 0 Å². The van der Waals surface area contributed by atoms with Crippen molar-refractivity contribution in [3.63, 3.8) is 0 Å². The van der Waals surface area contributed by atoms with Crippen molar-refractivity contribution >= 4 is 33.7 Å². The van der Waals surface area contributed by atoms with E-state index in [2.05, 4.69) is 13.2 Å². The summed E-state index contributed by atoms with van der Waals surface area (Å²) in [5.41, 5.74) is 4.82. The summed E-state index contributed by atoms with van der Waals surface area (Å²) in [6, 6.07) is 26.1. The Balaban J connectivity index is 1.83. The van der Waals surface area contributed by atoms with Crippen molar-refractivity contribution in [1.82, 2.24) is 0 Å². The summed E-state index contributed by atoms with van der Waals surface area (Å²) in [6.07, 6.45) is 3.35. The minimum Gasteiger partial charge on any atom is -0.207 e. The van der Waals surface area contributed by atoms with Gasteiger partial charge in [-0.2, -0.15) is 0 Å². The molecule has 0 bridgehead atoms. The van der Waals surface area contributed by atoms with Gasteiger partial charge in [-0.15, -0.1) is 0 Å². The molecule has 0 saturated carbocycles. The Morgan fingerprint density at radius 3 is 1.15 bits per heavy atom. The van der Waals surface area contributed by atoms with Gasteiger partial charge in [0.25, 0.3) is 0 Å². The molecule has 0 N–H and O–H groups in total. The number of hydrogen-bond donors (Lipinski definition) is 0. The third-order valence-corrected chi connectivity index (χ3v) is 7.18. The lowest BCUT2D eigenvalue weighted by Crippen LogP contribution is -1.98. The molecule has 6 aromatic rings. The van der Waals surface area contributed by atoms with Gasteiger partial charge in [-0.3, -0.25) is 0 Å². The van der Waals surface area contributed by atoms with E-state index in [1.54, 1.807) is 12.2 Å². The molecule has 0 aromatic heterocycles. The minimum absolute atomic E-state index is 0.368. The number of benzene rings is 6. The lowest BCUT2D eigenvalue weighted by molar-refractivity contribution is 0.583. The van der Waals surface area contributed by atoms with Crippen LogP contribution in [0.15, 0.2) is 110 Å². The van der Waals surface area contributed by atoms with Crippen molar-refractivity contribution in [1.29, 1.82) is 0 Å². The van der Waals surface area contributed by atoms with Gasteiger partial charge in [0.2, 0.25) is 0 Å². The molecule has 4 heteroatoms. The van der Waals surface area contributed by atoms with Crippen LogP contribution in [0.1, 0.15) is 11.1 Å². The van der Waals surface area contributed by atoms with Crippen molar-refractivity contribution in [2.45, 2.75) is 0 Å². The second kappa shape index (κ2) is 9.97. The fourth-order valence-corrected chi connectivity index (χ4v) is 5.59. The van der Waals surface area contributed by atoms with Gasteiger partial charge < -0.3 is 0 Å². The van der Waals surface area contributed by atoms with Crippen molar-refractivity contribution in [2.75, 3.05) is 0 Å². The third kappa shape index (κ3) is 4.28. The number of halogens is 4. The molecular weight excluding hydrogens is 508 g/mol. The minimum atomic E-state index is -0.688. The summed E-state index contributed by atoms with van der Waals surface area (Å²) in [6.45, 7) is 8.16. The van der Waals surface area contributed by atoms with Gasteiger partial charge in [0.15, 0.2) is 0 Å². The topological polar surface area (TPSA) is 0 Å². The van der Waals surface area contributed by atoms with Crippen LogP contribution < -0.4 is 0 Å². The summed E-state index contributed by atoms with van der Waals surface area (Å²) >= 11 is 0. The van der Waals surface area contributed by atoms with E-state index in [9.17, 15) is 17.6 Å². The van der Waals surface area contributed by atoms with Crippen LogP contribution in [-0.2, 0) is 0 Å². The van der Waals surface area contributed by atoms with E-state index in [1.165, 1.54) is 24.3 Å². The van der Waals surface area contributed by atoms with Gasteiger partial charge in [0, 0.05) is 12.1 Å². The van der Waals surface area contributed by atoms with Crippen LogP contribution in [-0.4, -0.2) is 0 Å². The van der Waals surface area contributed by atoms with E-state index in [4.69, 9.17) is 0 Å². The van der Waals surface area contributed by atoms with Crippen molar-refractivity contribution in [3.8, 4) is 33.4 Å². The molecule has 6 rings (SSSR count). The molecule has 0 atom stereocenters. The second-order valence-electron chi connectivity index (χ2n) is 9.59. The summed E-state index contributed by atoms with van der Waals surface area (Å²) < 4.78 is 57.5. The highest BCUT2D eigenvalue weighted by Crippen LogP contribution is 2.46. The van der Waals surface area contributed by atoms with E-state index in [-0.39, 0.29) is 0 Å². The third-order valence-electron chi connectivity index (χ3n) is 7.18. The Morgan fingerprint density at radius 2 is 0.800 bits per heavy atom. The largest absolute Gasteiger partial charge is 0.207 e. The molecule has 194 valence electrons. The van der Waals surface area contributed by atoms with Crippen LogP contribution in [0.25, 0.3) is 67.1 Å². The van der Waals surface area contributed by atoms with E-state index >= 15 is 0 Å². The Morgan fingerprint density at radius 1 is 0.450 bits per heavy atom. The van der Waals surface area contributed by atoms with Gasteiger partial charge in [0.1, 0.15) is 23.3 Å². The molecule has 0 aliphatic rings. The van der Waals surface area contributed by atoms with E-state index in [0.29, 0.717) is 33.4 Å². The fourth-order valence-electron chi connectivity index (χ4n) is 5.59. The van der Waals surface area contributed by atoms with E-state index in [0.717, 1.165) is 44.8 Å². The second-order valence-corrected chi connectivity index (χ2v) is 9.59. The van der Waals surface area contributed by atoms with Crippen molar-refractivity contribution in [2.24, 2.45) is 0 Å². The maximum absolute atomic E-state index is 14.4. The molecule has 0 heterocycles. The zero-order valence-corrected chi connectivity index (χ0v) is 21.3. The predicted octanol–water partition coefficient (Wildman–Crippen LogP) is 10.8. The normalized spacial score (nSPS) is 11.2. The van der Waals surface area contributed by atoms with Crippen molar-refractivity contribution < 1.29 is 17.6 Å². The van der Waals surface area contributed by atoms with Gasteiger partial charge in [0.05, 0.1) is 0 Å². The van der Waals surface area contributed by atoms with Crippen LogP contribution in [0, 0.1) is 23.3 Å². The average Bonchev–Trinajstić information content (AvgIpc) is 2.94. The smallest absolute Gasteiger partial charge is 0.126 e. The highest BCUT2D eigenvalue weighted by Gasteiger charge is 2.22. The van der Waals surface area contributed by atoms with Crippen LogP contribution in [0.4, 0.5) is 17.6 Å². The van der Waals surface area contributed by atoms with Crippen LogP contribution in [0.5, 0.6) is 0 Å². The maximum atomic E-state index is 14.4. The monoisotopic (exact) mass is 530 g/mol. The maximum Gasteiger partial charge on any atom is 0.126 e. The molecule has 0 spiro atoms. The number of rotatable bonds is 5. The van der Waals surface area contributed by atoms with E-state index in [1.807, 2.05) is 60.7 Å². The molecule has 0 fully saturated rings. The first-order valence-corrected chi connectivity index (χ1v) is 12.7. The zero-order chi connectivity index (χ0) is 28.0. The molecule has 0 aliphatic carbocycles. The highest BCUT2D eigenvalue weighted by atomic mass is 19.1.